The first-order chi connectivity index (χ1) is 15.1. The van der Waals surface area contributed by atoms with Crippen molar-refractivity contribution >= 4 is 11.7 Å². The van der Waals surface area contributed by atoms with Crippen molar-refractivity contribution in [1.29, 1.82) is 0 Å². The average Bonchev–Trinajstić information content (AvgIpc) is 3.22. The number of carbonyl (C=O) groups is 1. The minimum absolute atomic E-state index is 0.110. The summed E-state index contributed by atoms with van der Waals surface area (Å²) >= 11 is 0. The van der Waals surface area contributed by atoms with Gasteiger partial charge < -0.3 is 10.2 Å². The van der Waals surface area contributed by atoms with Gasteiger partial charge >= 0.3 is 6.03 Å². The van der Waals surface area contributed by atoms with Gasteiger partial charge in [0.1, 0.15) is 5.82 Å². The Labute approximate surface area is 182 Å². The quantitative estimate of drug-likeness (QED) is 0.573. The normalized spacial score (nSPS) is 21.7. The maximum atomic E-state index is 12.7. The number of fused-ring (bicyclic) bond motifs is 4. The number of halogens is 1. The molecule has 0 spiro atoms. The van der Waals surface area contributed by atoms with Crippen molar-refractivity contribution in [3.05, 3.63) is 89.5 Å². The molecule has 3 aromatic rings. The lowest BCUT2D eigenvalue weighted by molar-refractivity contribution is 0.253. The molecule has 6 rings (SSSR count). The summed E-state index contributed by atoms with van der Waals surface area (Å²) in [6.45, 7) is 2.31. The van der Waals surface area contributed by atoms with Crippen LogP contribution in [0.5, 0.6) is 0 Å². The molecule has 4 nitrogen and oxygen atoms in total. The second-order valence-electron chi connectivity index (χ2n) is 8.94. The summed E-state index contributed by atoms with van der Waals surface area (Å²) < 4.78 is 14.2. The van der Waals surface area contributed by atoms with Crippen LogP contribution in [0, 0.1) is 5.82 Å². The van der Waals surface area contributed by atoms with Gasteiger partial charge in [0.2, 0.25) is 0 Å². The van der Waals surface area contributed by atoms with Crippen LogP contribution >= 0.6 is 0 Å². The first-order valence-electron chi connectivity index (χ1n) is 11.1. The molecule has 2 aromatic carbocycles. The number of hydrogen-bond donors (Lipinski definition) is 1. The number of carbonyl (C=O) groups excluding carboxylic acids is 1. The predicted octanol–water partition coefficient (Wildman–Crippen LogP) is 5.79. The van der Waals surface area contributed by atoms with Crippen molar-refractivity contribution < 1.29 is 9.18 Å². The molecule has 2 aliphatic carbocycles. The van der Waals surface area contributed by atoms with Crippen molar-refractivity contribution in [3.8, 4) is 0 Å². The van der Waals surface area contributed by atoms with Crippen molar-refractivity contribution in [2.24, 2.45) is 0 Å². The summed E-state index contributed by atoms with van der Waals surface area (Å²) in [4.78, 5) is 14.2. The second kappa shape index (κ2) is 8.31. The van der Waals surface area contributed by atoms with Gasteiger partial charge in [-0.25, -0.2) is 9.18 Å². The van der Waals surface area contributed by atoms with E-state index in [0.29, 0.717) is 5.92 Å². The molecule has 160 valence electrons. The maximum absolute atomic E-state index is 12.7. The van der Waals surface area contributed by atoms with Crippen LogP contribution in [-0.2, 0) is 0 Å². The first-order valence-corrected chi connectivity index (χ1v) is 11.1. The average molecular weight is 418 g/mol. The van der Waals surface area contributed by atoms with Gasteiger partial charge in [-0.05, 0) is 110 Å². The summed E-state index contributed by atoms with van der Waals surface area (Å²) in [5.41, 5.74) is 5.10. The maximum Gasteiger partial charge on any atom is 0.329 e. The van der Waals surface area contributed by atoms with Gasteiger partial charge in [-0.3, -0.25) is 4.57 Å². The molecule has 3 aliphatic rings. The molecule has 1 saturated carbocycles. The number of rotatable bonds is 2. The van der Waals surface area contributed by atoms with E-state index >= 15 is 0 Å². The zero-order valence-electron chi connectivity index (χ0n) is 17.8. The van der Waals surface area contributed by atoms with Crippen LogP contribution in [0.1, 0.15) is 53.7 Å². The SMILES string of the molecule is CN1CCC(c2ccc(F)cc2)CC1.O=C(Nc1ccc2c(c1)C1CC21)n1cccc1. The van der Waals surface area contributed by atoms with Crippen LogP contribution in [0.4, 0.5) is 14.9 Å². The molecule has 31 heavy (non-hydrogen) atoms. The highest BCUT2D eigenvalue weighted by molar-refractivity contribution is 5.91. The molecule has 2 heterocycles. The van der Waals surface area contributed by atoms with Crippen molar-refractivity contribution in [3.63, 3.8) is 0 Å². The molecule has 0 radical (unpaired) electrons. The molecule has 2 atom stereocenters. The molecule has 2 unspecified atom stereocenters. The number of hydrogen-bond acceptors (Lipinski definition) is 2. The van der Waals surface area contributed by atoms with E-state index in [2.05, 4.69) is 29.4 Å². The van der Waals surface area contributed by atoms with Gasteiger partial charge in [0, 0.05) is 18.1 Å². The molecule has 1 N–H and O–H groups in total. The lowest BCUT2D eigenvalue weighted by Crippen LogP contribution is -2.29. The van der Waals surface area contributed by atoms with Gasteiger partial charge in [-0.2, -0.15) is 0 Å². The molecular formula is C26H28FN3O. The van der Waals surface area contributed by atoms with E-state index in [1.54, 1.807) is 29.1 Å². The number of nitrogens with zero attached hydrogens (tertiary/aromatic N) is 2. The highest BCUT2D eigenvalue weighted by Gasteiger charge is 2.50. The largest absolute Gasteiger partial charge is 0.329 e. The Morgan fingerprint density at radius 3 is 2.35 bits per heavy atom. The number of benzene rings is 2. The lowest BCUT2D eigenvalue weighted by atomic mass is 9.88. The Kier molecular flexibility index (Phi) is 5.36. The van der Waals surface area contributed by atoms with Crippen molar-refractivity contribution in [2.45, 2.75) is 37.0 Å². The molecular weight excluding hydrogens is 389 g/mol. The van der Waals surface area contributed by atoms with Crippen molar-refractivity contribution in [1.82, 2.24) is 9.47 Å². The fourth-order valence-corrected chi connectivity index (χ4v) is 4.83. The Morgan fingerprint density at radius 2 is 1.65 bits per heavy atom. The molecule has 2 fully saturated rings. The summed E-state index contributed by atoms with van der Waals surface area (Å²) in [5.74, 6) is 2.11. The minimum Gasteiger partial charge on any atom is -0.307 e. The van der Waals surface area contributed by atoms with E-state index in [4.69, 9.17) is 0 Å². The standard InChI is InChI=1S/C14H12N2O.C12H16FN/c17-14(16-5-1-2-6-16)15-9-3-4-10-11(7-9)13-8-12(10)13;1-14-8-6-11(7-9-14)10-2-4-12(13)5-3-10/h1-7,12-13H,8H2,(H,15,17);2-5,11H,6-9H2,1H3. The number of likely N-dealkylation sites (tertiary alicyclic amines) is 1. The van der Waals surface area contributed by atoms with Crippen LogP contribution < -0.4 is 5.32 Å². The van der Waals surface area contributed by atoms with E-state index in [0.717, 1.165) is 30.6 Å². The van der Waals surface area contributed by atoms with Crippen LogP contribution in [0.15, 0.2) is 67.0 Å². The van der Waals surface area contributed by atoms with Crippen LogP contribution in [0.25, 0.3) is 0 Å². The van der Waals surface area contributed by atoms with E-state index in [1.807, 2.05) is 30.3 Å². The highest BCUT2D eigenvalue weighted by atomic mass is 19.1. The molecule has 5 heteroatoms. The topological polar surface area (TPSA) is 37.3 Å². The van der Waals surface area contributed by atoms with Crippen LogP contribution in [0.3, 0.4) is 0 Å². The predicted molar refractivity (Wildman–Crippen MR) is 121 cm³/mol. The zero-order valence-corrected chi connectivity index (χ0v) is 17.8. The number of nitrogens with one attached hydrogen (secondary N) is 1. The number of piperidine rings is 1. The third-order valence-corrected chi connectivity index (χ3v) is 6.83. The Balaban J connectivity index is 0.000000135. The molecule has 0 bridgehead atoms. The lowest BCUT2D eigenvalue weighted by Gasteiger charge is -2.29. The summed E-state index contributed by atoms with van der Waals surface area (Å²) in [5, 5.41) is 2.91. The zero-order chi connectivity index (χ0) is 21.4. The van der Waals surface area contributed by atoms with Crippen LogP contribution in [0.2, 0.25) is 0 Å². The fourth-order valence-electron chi connectivity index (χ4n) is 4.83. The van der Waals surface area contributed by atoms with Crippen molar-refractivity contribution in [2.75, 3.05) is 25.5 Å². The van der Waals surface area contributed by atoms with E-state index in [-0.39, 0.29) is 11.8 Å². The summed E-state index contributed by atoms with van der Waals surface area (Å²) in [6, 6.07) is 16.8. The molecule has 1 aliphatic heterocycles. The van der Waals surface area contributed by atoms with Gasteiger partial charge in [0.05, 0.1) is 0 Å². The molecule has 1 aromatic heterocycles. The van der Waals surface area contributed by atoms with E-state index in [1.165, 1.54) is 36.0 Å². The highest BCUT2D eigenvalue weighted by Crippen LogP contribution is 2.66. The number of amides is 1. The third kappa shape index (κ3) is 4.28. The van der Waals surface area contributed by atoms with Gasteiger partial charge in [-0.1, -0.05) is 18.2 Å². The minimum atomic E-state index is -0.137. The summed E-state index contributed by atoms with van der Waals surface area (Å²) in [7, 11) is 2.15. The first kappa shape index (κ1) is 20.0. The number of anilines is 1. The van der Waals surface area contributed by atoms with E-state index < -0.39 is 0 Å². The van der Waals surface area contributed by atoms with Crippen LogP contribution in [-0.4, -0.2) is 35.6 Å². The monoisotopic (exact) mass is 417 g/mol. The number of aromatic nitrogens is 1. The van der Waals surface area contributed by atoms with E-state index in [9.17, 15) is 9.18 Å². The third-order valence-electron chi connectivity index (χ3n) is 6.83. The fraction of sp³-hybridized carbons (Fsp3) is 0.346. The molecule has 1 amide bonds. The smallest absolute Gasteiger partial charge is 0.307 e. The second-order valence-corrected chi connectivity index (χ2v) is 8.94. The Bertz CT molecular complexity index is 1050. The summed E-state index contributed by atoms with van der Waals surface area (Å²) in [6.07, 6.45) is 7.19. The van der Waals surface area contributed by atoms with Gasteiger partial charge in [-0.15, -0.1) is 0 Å². The Morgan fingerprint density at radius 1 is 0.968 bits per heavy atom. The Hall–Kier alpha value is -2.92. The molecule has 1 saturated heterocycles. The van der Waals surface area contributed by atoms with Gasteiger partial charge in [0.15, 0.2) is 0 Å². The van der Waals surface area contributed by atoms with Gasteiger partial charge in [0.25, 0.3) is 0 Å².